The summed E-state index contributed by atoms with van der Waals surface area (Å²) in [4.78, 5) is 16.7. The Kier molecular flexibility index (Phi) is 9.91. The Balaban J connectivity index is 0.00000312. The van der Waals surface area contributed by atoms with Crippen LogP contribution in [0.15, 0.2) is 0 Å². The van der Waals surface area contributed by atoms with Gasteiger partial charge in [-0.15, -0.1) is 29.9 Å². The van der Waals surface area contributed by atoms with Crippen LogP contribution in [-0.4, -0.2) is 47.4 Å². The van der Waals surface area contributed by atoms with Crippen molar-refractivity contribution in [3.05, 3.63) is 16.8 Å². The van der Waals surface area contributed by atoms with E-state index in [2.05, 4.69) is 20.7 Å². The summed E-state index contributed by atoms with van der Waals surface area (Å²) in [6.45, 7) is 6.67. The zero-order valence-electron chi connectivity index (χ0n) is 16.2. The molecule has 0 radical (unpaired) electrons. The molecule has 0 aromatic carbocycles. The van der Waals surface area contributed by atoms with E-state index in [4.69, 9.17) is 4.74 Å². The van der Waals surface area contributed by atoms with Crippen molar-refractivity contribution in [3.63, 3.8) is 0 Å². The highest BCUT2D eigenvalue weighted by Crippen LogP contribution is 2.30. The molecule has 1 amide bonds. The highest BCUT2D eigenvalue weighted by Gasteiger charge is 2.18. The highest BCUT2D eigenvalue weighted by atomic mass is 35.5. The number of carbonyl (C=O) groups is 1. The summed E-state index contributed by atoms with van der Waals surface area (Å²) < 4.78 is 7.09. The molecule has 0 saturated heterocycles. The molecule has 2 N–H and O–H groups in total. The zero-order chi connectivity index (χ0) is 17.9. The lowest BCUT2D eigenvalue weighted by atomic mass is 10.00. The van der Waals surface area contributed by atoms with E-state index in [0.29, 0.717) is 25.3 Å². The molecular weight excluding hydrogens is 377 g/mol. The van der Waals surface area contributed by atoms with Crippen LogP contribution in [0, 0.1) is 13.8 Å². The van der Waals surface area contributed by atoms with Gasteiger partial charge < -0.3 is 15.4 Å². The van der Waals surface area contributed by atoms with Gasteiger partial charge in [-0.2, -0.15) is 0 Å². The first kappa shape index (κ1) is 24.4. The second-order valence-electron chi connectivity index (χ2n) is 6.13. The lowest BCUT2D eigenvalue weighted by Gasteiger charge is -2.13. The molecule has 1 unspecified atom stereocenters. The Morgan fingerprint density at radius 2 is 1.96 bits per heavy atom. The van der Waals surface area contributed by atoms with Crippen LogP contribution in [0.5, 0.6) is 5.88 Å². The van der Waals surface area contributed by atoms with Gasteiger partial charge in [0.15, 0.2) is 5.65 Å². The lowest BCUT2D eigenvalue weighted by molar-refractivity contribution is -0.121. The quantitative estimate of drug-likeness (QED) is 0.736. The SMILES string of the molecule is CNC(C)CNC(=O)CCc1c(C)nc2c(c(OC)nn2C)c1C.Cl.Cl. The van der Waals surface area contributed by atoms with Crippen LogP contribution in [0.25, 0.3) is 11.0 Å². The second kappa shape index (κ2) is 10.5. The van der Waals surface area contributed by atoms with Crippen LogP contribution in [0.4, 0.5) is 0 Å². The number of hydrogen-bond donors (Lipinski definition) is 2. The molecule has 0 aliphatic rings. The van der Waals surface area contributed by atoms with Gasteiger partial charge in [-0.3, -0.25) is 4.79 Å². The average Bonchev–Trinajstić information content (AvgIpc) is 2.88. The molecule has 148 valence electrons. The van der Waals surface area contributed by atoms with Crippen LogP contribution in [0.2, 0.25) is 0 Å². The predicted octanol–water partition coefficient (Wildman–Crippen LogP) is 2.09. The Hall–Kier alpha value is -1.57. The Morgan fingerprint density at radius 3 is 2.54 bits per heavy atom. The highest BCUT2D eigenvalue weighted by molar-refractivity contribution is 5.86. The van der Waals surface area contributed by atoms with Crippen molar-refractivity contribution in [1.29, 1.82) is 0 Å². The smallest absolute Gasteiger partial charge is 0.242 e. The van der Waals surface area contributed by atoms with E-state index in [-0.39, 0.29) is 36.8 Å². The number of rotatable bonds is 7. The predicted molar refractivity (Wildman–Crippen MR) is 109 cm³/mol. The zero-order valence-corrected chi connectivity index (χ0v) is 17.8. The molecule has 0 aliphatic carbocycles. The van der Waals surface area contributed by atoms with Crippen molar-refractivity contribution in [2.75, 3.05) is 20.7 Å². The molecule has 0 bridgehead atoms. The van der Waals surface area contributed by atoms with Crippen molar-refractivity contribution >= 4 is 41.8 Å². The molecule has 9 heteroatoms. The number of fused-ring (bicyclic) bond motifs is 1. The summed E-state index contributed by atoms with van der Waals surface area (Å²) in [5.41, 5.74) is 3.91. The third kappa shape index (κ3) is 5.22. The van der Waals surface area contributed by atoms with Gasteiger partial charge in [-0.1, -0.05) is 0 Å². The maximum atomic E-state index is 12.0. The van der Waals surface area contributed by atoms with E-state index in [1.54, 1.807) is 11.8 Å². The molecule has 0 spiro atoms. The molecule has 0 aliphatic heterocycles. The van der Waals surface area contributed by atoms with E-state index >= 15 is 0 Å². The maximum absolute atomic E-state index is 12.0. The fraction of sp³-hybridized carbons (Fsp3) is 0.588. The van der Waals surface area contributed by atoms with Crippen LogP contribution in [0.1, 0.15) is 30.2 Å². The molecule has 2 rings (SSSR count). The largest absolute Gasteiger partial charge is 0.479 e. The first-order valence-electron chi connectivity index (χ1n) is 8.19. The number of hydrogen-bond acceptors (Lipinski definition) is 5. The molecule has 1 atom stereocenters. The summed E-state index contributed by atoms with van der Waals surface area (Å²) in [7, 11) is 5.34. The number of nitrogens with zero attached hydrogens (tertiary/aromatic N) is 3. The molecule has 0 saturated carbocycles. The van der Waals surface area contributed by atoms with Gasteiger partial charge in [0.2, 0.25) is 11.8 Å². The van der Waals surface area contributed by atoms with E-state index < -0.39 is 0 Å². The number of halogens is 2. The Morgan fingerprint density at radius 1 is 1.31 bits per heavy atom. The van der Waals surface area contributed by atoms with Crippen molar-refractivity contribution in [1.82, 2.24) is 25.4 Å². The van der Waals surface area contributed by atoms with E-state index in [1.807, 2.05) is 34.9 Å². The monoisotopic (exact) mass is 405 g/mol. The number of nitrogens with one attached hydrogen (secondary N) is 2. The number of aromatic nitrogens is 3. The summed E-state index contributed by atoms with van der Waals surface area (Å²) in [6.07, 6.45) is 1.09. The number of ether oxygens (including phenoxy) is 1. The number of methoxy groups -OCH3 is 1. The fourth-order valence-corrected chi connectivity index (χ4v) is 2.80. The van der Waals surface area contributed by atoms with Gasteiger partial charge in [0.05, 0.1) is 12.5 Å². The van der Waals surface area contributed by atoms with E-state index in [9.17, 15) is 4.79 Å². The molecule has 2 heterocycles. The molecule has 0 fully saturated rings. The molecule has 2 aromatic heterocycles. The third-order valence-electron chi connectivity index (χ3n) is 4.42. The molecular formula is C17H29Cl2N5O2. The first-order chi connectivity index (χ1) is 11.4. The van der Waals surface area contributed by atoms with Crippen LogP contribution in [-0.2, 0) is 18.3 Å². The summed E-state index contributed by atoms with van der Waals surface area (Å²) in [5, 5.41) is 11.3. The van der Waals surface area contributed by atoms with Crippen LogP contribution >= 0.6 is 24.8 Å². The van der Waals surface area contributed by atoms with Gasteiger partial charge in [-0.25, -0.2) is 9.67 Å². The molecule has 7 nitrogen and oxygen atoms in total. The summed E-state index contributed by atoms with van der Waals surface area (Å²) in [6, 6.07) is 0.259. The van der Waals surface area contributed by atoms with Crippen LogP contribution < -0.4 is 15.4 Å². The van der Waals surface area contributed by atoms with Crippen LogP contribution in [0.3, 0.4) is 0 Å². The fourth-order valence-electron chi connectivity index (χ4n) is 2.80. The van der Waals surface area contributed by atoms with Gasteiger partial charge >= 0.3 is 0 Å². The van der Waals surface area contributed by atoms with Gasteiger partial charge in [0.25, 0.3) is 0 Å². The first-order valence-corrected chi connectivity index (χ1v) is 8.19. The van der Waals surface area contributed by atoms with E-state index in [1.165, 1.54) is 0 Å². The number of amides is 1. The second-order valence-corrected chi connectivity index (χ2v) is 6.13. The maximum Gasteiger partial charge on any atom is 0.242 e. The number of aryl methyl sites for hydroxylation is 3. The molecule has 26 heavy (non-hydrogen) atoms. The Labute approximate surface area is 167 Å². The lowest BCUT2D eigenvalue weighted by Crippen LogP contribution is -2.37. The Bertz CT molecular complexity index is 749. The van der Waals surface area contributed by atoms with E-state index in [0.717, 1.165) is 27.9 Å². The summed E-state index contributed by atoms with van der Waals surface area (Å²) >= 11 is 0. The number of carbonyl (C=O) groups excluding carboxylic acids is 1. The van der Waals surface area contributed by atoms with Crippen molar-refractivity contribution in [2.24, 2.45) is 7.05 Å². The van der Waals surface area contributed by atoms with Crippen molar-refractivity contribution in [2.45, 2.75) is 39.7 Å². The normalized spacial score (nSPS) is 11.5. The van der Waals surface area contributed by atoms with Gasteiger partial charge in [0.1, 0.15) is 0 Å². The molecule has 2 aromatic rings. The standard InChI is InChI=1S/C17H27N5O2.2ClH/c1-10(18-4)9-19-14(23)8-7-13-11(2)15-16(20-12(13)3)22(5)21-17(15)24-6;;/h10,18H,7-9H2,1-6H3,(H,19,23);2*1H. The number of likely N-dealkylation sites (N-methyl/N-ethyl adjacent to an activating group) is 1. The minimum Gasteiger partial charge on any atom is -0.479 e. The summed E-state index contributed by atoms with van der Waals surface area (Å²) in [5.74, 6) is 0.625. The van der Waals surface area contributed by atoms with Gasteiger partial charge in [-0.05, 0) is 45.4 Å². The third-order valence-corrected chi connectivity index (χ3v) is 4.42. The topological polar surface area (TPSA) is 81.1 Å². The van der Waals surface area contributed by atoms with Crippen molar-refractivity contribution in [3.8, 4) is 5.88 Å². The van der Waals surface area contributed by atoms with Crippen molar-refractivity contribution < 1.29 is 9.53 Å². The number of pyridine rings is 1. The minimum atomic E-state index is 0. The minimum absolute atomic E-state index is 0. The van der Waals surface area contributed by atoms with Gasteiger partial charge in [0, 0.05) is 31.7 Å². The average molecular weight is 406 g/mol.